The second-order valence-corrected chi connectivity index (χ2v) is 6.16. The van der Waals surface area contributed by atoms with Crippen molar-refractivity contribution in [2.24, 2.45) is 7.05 Å². The quantitative estimate of drug-likeness (QED) is 0.251. The van der Waals surface area contributed by atoms with Crippen LogP contribution in [0, 0.1) is 0 Å². The fourth-order valence-corrected chi connectivity index (χ4v) is 2.41. The molecule has 1 rings (SSSR count). The van der Waals surface area contributed by atoms with Gasteiger partial charge in [0.15, 0.2) is 23.5 Å². The standard InChI is InChI=1S/C11H16N4O6S/c1-11(22(20)21,7-15-6-5-14(2)13-15)9(10(18)19)12-4-3-8(16)17/h3-6,9,12H,7H2,1-2H3,(H2-,16,17,18,19,20,21)/p+1/b4-3+/t9-,11-/m0/s1. The highest BCUT2D eigenvalue weighted by molar-refractivity contribution is 7.80. The third-order valence-corrected chi connectivity index (χ3v) is 4.09. The van der Waals surface area contributed by atoms with E-state index >= 15 is 0 Å². The van der Waals surface area contributed by atoms with Crippen LogP contribution in [0.2, 0.25) is 0 Å². The number of carboxylic acids is 2. The number of nitrogens with one attached hydrogen (secondary N) is 1. The lowest BCUT2D eigenvalue weighted by molar-refractivity contribution is -0.732. The lowest BCUT2D eigenvalue weighted by Crippen LogP contribution is -2.57. The van der Waals surface area contributed by atoms with Crippen molar-refractivity contribution in [3.63, 3.8) is 0 Å². The predicted octanol–water partition coefficient (Wildman–Crippen LogP) is -1.67. The molecule has 0 spiro atoms. The summed E-state index contributed by atoms with van der Waals surface area (Å²) in [6.45, 7) is 1.13. The molecule has 0 amide bonds. The maximum Gasteiger partial charge on any atom is 0.329 e. The second kappa shape index (κ2) is 7.13. The molecule has 1 heterocycles. The minimum absolute atomic E-state index is 0.165. The van der Waals surface area contributed by atoms with Gasteiger partial charge in [-0.2, -0.15) is 0 Å². The number of rotatable bonds is 8. The van der Waals surface area contributed by atoms with Gasteiger partial charge in [-0.1, -0.05) is 0 Å². The van der Waals surface area contributed by atoms with Gasteiger partial charge in [-0.05, 0) is 6.92 Å². The second-order valence-electron chi connectivity index (χ2n) is 4.73. The fraction of sp³-hybridized carbons (Fsp3) is 0.455. The summed E-state index contributed by atoms with van der Waals surface area (Å²) in [6.07, 6.45) is 4.73. The number of aryl methyl sites for hydroxylation is 1. The number of carboxylic acid groups (broad SMARTS) is 2. The number of carbonyl (C=O) groups is 2. The van der Waals surface area contributed by atoms with E-state index in [2.05, 4.69) is 10.5 Å². The van der Waals surface area contributed by atoms with E-state index in [1.54, 1.807) is 13.2 Å². The first-order valence-electron chi connectivity index (χ1n) is 6.05. The van der Waals surface area contributed by atoms with Crippen LogP contribution in [0.3, 0.4) is 0 Å². The van der Waals surface area contributed by atoms with Crippen molar-refractivity contribution in [3.8, 4) is 0 Å². The van der Waals surface area contributed by atoms with Crippen LogP contribution in [-0.2, 0) is 34.3 Å². The van der Waals surface area contributed by atoms with Gasteiger partial charge in [-0.25, -0.2) is 13.8 Å². The van der Waals surface area contributed by atoms with E-state index in [0.717, 1.165) is 6.20 Å². The molecule has 0 saturated heterocycles. The number of nitrogens with zero attached hydrogens (tertiary/aromatic N) is 3. The van der Waals surface area contributed by atoms with Crippen molar-refractivity contribution < 1.29 is 33.2 Å². The van der Waals surface area contributed by atoms with Gasteiger partial charge in [-0.3, -0.25) is 0 Å². The topological polar surface area (TPSA) is 146 Å². The maximum absolute atomic E-state index is 11.7. The molecule has 0 bridgehead atoms. The molecular formula is C11H17N4O6S+. The first-order valence-corrected chi connectivity index (χ1v) is 7.16. The first-order chi connectivity index (χ1) is 10.2. The van der Waals surface area contributed by atoms with Gasteiger partial charge in [-0.15, -0.1) is 9.36 Å². The summed E-state index contributed by atoms with van der Waals surface area (Å²) < 4.78 is 22.4. The smallest absolute Gasteiger partial charge is 0.329 e. The summed E-state index contributed by atoms with van der Waals surface area (Å²) in [6, 6.07) is -1.50. The molecule has 11 heteroatoms. The molecule has 10 nitrogen and oxygen atoms in total. The molecule has 1 aromatic rings. The average molecular weight is 333 g/mol. The molecule has 0 aliphatic carbocycles. The summed E-state index contributed by atoms with van der Waals surface area (Å²) in [5.41, 5.74) is 0. The summed E-state index contributed by atoms with van der Waals surface area (Å²) in [5, 5.41) is 24.1. The molecule has 0 radical (unpaired) electrons. The van der Waals surface area contributed by atoms with Crippen LogP contribution in [0.25, 0.3) is 0 Å². The minimum atomic E-state index is -2.52. The Balaban J connectivity index is 3.08. The van der Waals surface area contributed by atoms with Crippen LogP contribution in [0.4, 0.5) is 0 Å². The van der Waals surface area contributed by atoms with Crippen molar-refractivity contribution in [1.82, 2.24) is 15.2 Å². The van der Waals surface area contributed by atoms with Crippen molar-refractivity contribution in [2.45, 2.75) is 24.3 Å². The van der Waals surface area contributed by atoms with Gasteiger partial charge in [0.05, 0.1) is 5.21 Å². The molecule has 0 saturated carbocycles. The monoisotopic (exact) mass is 333 g/mol. The number of aliphatic carboxylic acids is 2. The number of hydrogen-bond donors (Lipinski definition) is 4. The Morgan fingerprint density at radius 3 is 2.59 bits per heavy atom. The van der Waals surface area contributed by atoms with Crippen molar-refractivity contribution in [2.75, 3.05) is 0 Å². The SMILES string of the molecule is C[n+]1ccn(C[C@@](C)([C@@H](N/C=C/C(=O)O)C(=O)O)S(=O)O)n1. The fourth-order valence-electron chi connectivity index (χ4n) is 1.79. The summed E-state index contributed by atoms with van der Waals surface area (Å²) in [5.74, 6) is -2.67. The largest absolute Gasteiger partial charge is 0.480 e. The highest BCUT2D eigenvalue weighted by Crippen LogP contribution is 2.21. The van der Waals surface area contributed by atoms with E-state index in [9.17, 15) is 23.5 Å². The Labute approximate surface area is 128 Å². The molecule has 4 N–H and O–H groups in total. The zero-order valence-electron chi connectivity index (χ0n) is 11.9. The van der Waals surface area contributed by atoms with Crippen LogP contribution >= 0.6 is 0 Å². The lowest BCUT2D eigenvalue weighted by atomic mass is 10.0. The minimum Gasteiger partial charge on any atom is -0.480 e. The number of hydrogen-bond acceptors (Lipinski definition) is 5. The van der Waals surface area contributed by atoms with Gasteiger partial charge in [0, 0.05) is 12.3 Å². The van der Waals surface area contributed by atoms with Gasteiger partial charge in [0.1, 0.15) is 24.4 Å². The van der Waals surface area contributed by atoms with Crippen molar-refractivity contribution in [1.29, 1.82) is 0 Å². The Bertz CT molecular complexity index is 615. The van der Waals surface area contributed by atoms with E-state index < -0.39 is 33.8 Å². The zero-order valence-corrected chi connectivity index (χ0v) is 12.7. The zero-order chi connectivity index (χ0) is 16.9. The first kappa shape index (κ1) is 17.8. The molecule has 0 aromatic carbocycles. The third-order valence-electron chi connectivity index (χ3n) is 2.93. The average Bonchev–Trinajstić information content (AvgIpc) is 2.78. The molecule has 1 unspecified atom stereocenters. The van der Waals surface area contributed by atoms with Crippen molar-refractivity contribution >= 4 is 23.0 Å². The van der Waals surface area contributed by atoms with Crippen LogP contribution in [0.15, 0.2) is 24.7 Å². The van der Waals surface area contributed by atoms with Crippen LogP contribution in [0.5, 0.6) is 0 Å². The molecule has 1 aromatic heterocycles. The molecule has 0 aliphatic heterocycles. The van der Waals surface area contributed by atoms with Crippen LogP contribution in [-0.4, -0.2) is 51.6 Å². The molecule has 0 fully saturated rings. The highest BCUT2D eigenvalue weighted by atomic mass is 32.2. The molecular weight excluding hydrogens is 316 g/mol. The van der Waals surface area contributed by atoms with E-state index in [1.165, 1.54) is 22.5 Å². The van der Waals surface area contributed by atoms with E-state index in [1.807, 2.05) is 0 Å². The highest BCUT2D eigenvalue weighted by Gasteiger charge is 2.47. The van der Waals surface area contributed by atoms with Crippen LogP contribution in [0.1, 0.15) is 6.92 Å². The van der Waals surface area contributed by atoms with E-state index in [4.69, 9.17) is 5.11 Å². The Hall–Kier alpha value is -2.27. The summed E-state index contributed by atoms with van der Waals surface area (Å²) >= 11 is -2.52. The van der Waals surface area contributed by atoms with E-state index in [0.29, 0.717) is 6.08 Å². The molecule has 0 aliphatic rings. The predicted molar refractivity (Wildman–Crippen MR) is 73.9 cm³/mol. The molecule has 3 atom stereocenters. The Morgan fingerprint density at radius 2 is 2.18 bits per heavy atom. The van der Waals surface area contributed by atoms with Gasteiger partial charge < -0.3 is 20.1 Å². The van der Waals surface area contributed by atoms with Gasteiger partial charge in [0.25, 0.3) is 0 Å². The van der Waals surface area contributed by atoms with Gasteiger partial charge in [0.2, 0.25) is 0 Å². The Kier molecular flexibility index (Phi) is 5.77. The molecule has 22 heavy (non-hydrogen) atoms. The van der Waals surface area contributed by atoms with E-state index in [-0.39, 0.29) is 6.54 Å². The summed E-state index contributed by atoms with van der Waals surface area (Å²) in [4.78, 5) is 21.8. The number of aromatic nitrogens is 3. The lowest BCUT2D eigenvalue weighted by Gasteiger charge is -2.29. The normalized spacial score (nSPS) is 16.9. The van der Waals surface area contributed by atoms with Gasteiger partial charge >= 0.3 is 11.9 Å². The molecule has 122 valence electrons. The summed E-state index contributed by atoms with van der Waals surface area (Å²) in [7, 11) is 1.65. The van der Waals surface area contributed by atoms with Crippen molar-refractivity contribution in [3.05, 3.63) is 24.7 Å². The third kappa shape index (κ3) is 4.36. The van der Waals surface area contributed by atoms with Crippen LogP contribution < -0.4 is 10.00 Å². The maximum atomic E-state index is 11.7. The Morgan fingerprint density at radius 1 is 1.55 bits per heavy atom.